The smallest absolute Gasteiger partial charge is 0.137 e. The quantitative estimate of drug-likeness (QED) is 0.614. The number of benzene rings is 1. The second-order valence-corrected chi connectivity index (χ2v) is 4.32. The van der Waals surface area contributed by atoms with E-state index in [1.165, 1.54) is 16.8 Å². The highest BCUT2D eigenvalue weighted by molar-refractivity contribution is 5.67. The van der Waals surface area contributed by atoms with E-state index < -0.39 is 0 Å². The Hall–Kier alpha value is -2.09. The van der Waals surface area contributed by atoms with Gasteiger partial charge in [0.1, 0.15) is 5.65 Å². The van der Waals surface area contributed by atoms with Crippen LogP contribution in [0.4, 0.5) is 0 Å². The van der Waals surface area contributed by atoms with Crippen LogP contribution in [0.2, 0.25) is 0 Å². The highest BCUT2D eigenvalue weighted by Crippen LogP contribution is 2.24. The van der Waals surface area contributed by atoms with Gasteiger partial charge >= 0.3 is 0 Å². The Kier molecular flexibility index (Phi) is 2.22. The minimum atomic E-state index is 1.00. The molecule has 1 aromatic carbocycles. The third-order valence-corrected chi connectivity index (χ3v) is 3.15. The minimum Gasteiger partial charge on any atom is -0.297 e. The van der Waals surface area contributed by atoms with Gasteiger partial charge in [0.25, 0.3) is 0 Å². The van der Waals surface area contributed by atoms with Crippen molar-refractivity contribution in [3.05, 3.63) is 59.9 Å². The van der Waals surface area contributed by atoms with Gasteiger partial charge in [0.15, 0.2) is 0 Å². The summed E-state index contributed by atoms with van der Waals surface area (Å²) in [7, 11) is 0. The van der Waals surface area contributed by atoms with Crippen molar-refractivity contribution in [2.24, 2.45) is 0 Å². The van der Waals surface area contributed by atoms with Gasteiger partial charge in [-0.15, -0.1) is 0 Å². The van der Waals surface area contributed by atoms with Crippen molar-refractivity contribution in [1.82, 2.24) is 9.38 Å². The molecule has 0 saturated heterocycles. The van der Waals surface area contributed by atoms with Crippen molar-refractivity contribution in [2.45, 2.75) is 13.8 Å². The minimum absolute atomic E-state index is 1.00. The summed E-state index contributed by atoms with van der Waals surface area (Å²) in [5.41, 5.74) is 5.89. The number of aromatic nitrogens is 2. The Labute approximate surface area is 101 Å². The van der Waals surface area contributed by atoms with Crippen LogP contribution in [0.5, 0.6) is 0 Å². The predicted molar refractivity (Wildman–Crippen MR) is 70.1 cm³/mol. The van der Waals surface area contributed by atoms with Crippen LogP contribution >= 0.6 is 0 Å². The van der Waals surface area contributed by atoms with Crippen molar-refractivity contribution < 1.29 is 0 Å². The maximum absolute atomic E-state index is 4.46. The first-order valence-corrected chi connectivity index (χ1v) is 5.76. The van der Waals surface area contributed by atoms with Gasteiger partial charge in [0.2, 0.25) is 0 Å². The second-order valence-electron chi connectivity index (χ2n) is 4.32. The standard InChI is InChI=1S/C15H14N2/c1-11-6-3-4-8-13(11)14-10-16-15-9-5-7-12(2)17(14)15/h3-10H,1-2H3. The first-order chi connectivity index (χ1) is 8.27. The highest BCUT2D eigenvalue weighted by atomic mass is 15.0. The molecule has 0 aliphatic rings. The molecule has 0 aliphatic heterocycles. The van der Waals surface area contributed by atoms with Gasteiger partial charge in [-0.1, -0.05) is 30.3 Å². The summed E-state index contributed by atoms with van der Waals surface area (Å²) in [6.07, 6.45) is 1.95. The molecule has 3 aromatic rings. The molecular weight excluding hydrogens is 208 g/mol. The summed E-state index contributed by atoms with van der Waals surface area (Å²) >= 11 is 0. The van der Waals surface area contributed by atoms with Crippen LogP contribution < -0.4 is 0 Å². The summed E-state index contributed by atoms with van der Waals surface area (Å²) in [5.74, 6) is 0. The summed E-state index contributed by atoms with van der Waals surface area (Å²) in [6, 6.07) is 14.6. The maximum Gasteiger partial charge on any atom is 0.137 e. The van der Waals surface area contributed by atoms with Crippen LogP contribution in [0, 0.1) is 13.8 Å². The molecule has 2 heterocycles. The molecule has 0 atom stereocenters. The van der Waals surface area contributed by atoms with Gasteiger partial charge in [-0.2, -0.15) is 0 Å². The fraction of sp³-hybridized carbons (Fsp3) is 0.133. The Morgan fingerprint density at radius 3 is 2.59 bits per heavy atom. The van der Waals surface area contributed by atoms with E-state index in [2.05, 4.69) is 53.6 Å². The Morgan fingerprint density at radius 1 is 0.941 bits per heavy atom. The number of rotatable bonds is 1. The molecule has 3 rings (SSSR count). The first-order valence-electron chi connectivity index (χ1n) is 5.76. The van der Waals surface area contributed by atoms with E-state index in [4.69, 9.17) is 0 Å². The largest absolute Gasteiger partial charge is 0.297 e. The summed E-state index contributed by atoms with van der Waals surface area (Å²) in [6.45, 7) is 4.24. The van der Waals surface area contributed by atoms with E-state index in [1.807, 2.05) is 18.3 Å². The maximum atomic E-state index is 4.46. The third kappa shape index (κ3) is 1.53. The van der Waals surface area contributed by atoms with Crippen LogP contribution in [-0.4, -0.2) is 9.38 Å². The Balaban J connectivity index is 2.36. The van der Waals surface area contributed by atoms with E-state index in [9.17, 15) is 0 Å². The number of imidazole rings is 1. The topological polar surface area (TPSA) is 17.3 Å². The van der Waals surface area contributed by atoms with Gasteiger partial charge < -0.3 is 0 Å². The van der Waals surface area contributed by atoms with Crippen molar-refractivity contribution in [3.63, 3.8) is 0 Å². The number of nitrogens with zero attached hydrogens (tertiary/aromatic N) is 2. The van der Waals surface area contributed by atoms with Crippen LogP contribution in [0.15, 0.2) is 48.7 Å². The number of hydrogen-bond acceptors (Lipinski definition) is 1. The third-order valence-electron chi connectivity index (χ3n) is 3.15. The lowest BCUT2D eigenvalue weighted by Gasteiger charge is -2.07. The molecule has 0 fully saturated rings. The van der Waals surface area contributed by atoms with E-state index >= 15 is 0 Å². The van der Waals surface area contributed by atoms with Crippen LogP contribution in [0.25, 0.3) is 16.9 Å². The van der Waals surface area contributed by atoms with E-state index in [0.29, 0.717) is 0 Å². The number of aryl methyl sites for hydroxylation is 2. The zero-order valence-corrected chi connectivity index (χ0v) is 10.0. The molecule has 2 nitrogen and oxygen atoms in total. The average molecular weight is 222 g/mol. The molecule has 0 aliphatic carbocycles. The fourth-order valence-corrected chi connectivity index (χ4v) is 2.25. The summed E-state index contributed by atoms with van der Waals surface area (Å²) < 4.78 is 2.20. The van der Waals surface area contributed by atoms with Crippen molar-refractivity contribution in [3.8, 4) is 11.3 Å². The lowest BCUT2D eigenvalue weighted by Crippen LogP contribution is -1.94. The van der Waals surface area contributed by atoms with Gasteiger partial charge in [-0.25, -0.2) is 4.98 Å². The number of hydrogen-bond donors (Lipinski definition) is 0. The SMILES string of the molecule is Cc1ccccc1-c1cnc2cccc(C)n12. The molecule has 0 amide bonds. The van der Waals surface area contributed by atoms with Crippen LogP contribution in [0.1, 0.15) is 11.3 Å². The normalized spacial score (nSPS) is 10.9. The van der Waals surface area contributed by atoms with Crippen molar-refractivity contribution in [1.29, 1.82) is 0 Å². The van der Waals surface area contributed by atoms with Gasteiger partial charge in [0, 0.05) is 11.3 Å². The molecule has 0 unspecified atom stereocenters. The molecule has 0 saturated carbocycles. The molecule has 0 radical (unpaired) electrons. The Morgan fingerprint density at radius 2 is 1.76 bits per heavy atom. The fourth-order valence-electron chi connectivity index (χ4n) is 2.25. The molecule has 0 bridgehead atoms. The number of pyridine rings is 1. The van der Waals surface area contributed by atoms with Gasteiger partial charge in [-0.05, 0) is 31.5 Å². The molecule has 2 aromatic heterocycles. The summed E-state index contributed by atoms with van der Waals surface area (Å²) in [5, 5.41) is 0. The molecular formula is C15H14N2. The van der Waals surface area contributed by atoms with E-state index in [1.54, 1.807) is 0 Å². The van der Waals surface area contributed by atoms with E-state index in [0.717, 1.165) is 11.3 Å². The van der Waals surface area contributed by atoms with E-state index in [-0.39, 0.29) is 0 Å². The number of fused-ring (bicyclic) bond motifs is 1. The average Bonchev–Trinajstić information content (AvgIpc) is 2.75. The van der Waals surface area contributed by atoms with Gasteiger partial charge in [-0.3, -0.25) is 4.40 Å². The first kappa shape index (κ1) is 10.1. The van der Waals surface area contributed by atoms with Crippen LogP contribution in [0.3, 0.4) is 0 Å². The molecule has 84 valence electrons. The predicted octanol–water partition coefficient (Wildman–Crippen LogP) is 3.62. The lowest BCUT2D eigenvalue weighted by atomic mass is 10.1. The van der Waals surface area contributed by atoms with Crippen molar-refractivity contribution >= 4 is 5.65 Å². The lowest BCUT2D eigenvalue weighted by molar-refractivity contribution is 1.10. The van der Waals surface area contributed by atoms with Crippen molar-refractivity contribution in [2.75, 3.05) is 0 Å². The summed E-state index contributed by atoms with van der Waals surface area (Å²) in [4.78, 5) is 4.46. The molecule has 2 heteroatoms. The zero-order valence-electron chi connectivity index (χ0n) is 10.0. The van der Waals surface area contributed by atoms with Gasteiger partial charge in [0.05, 0.1) is 11.9 Å². The molecule has 17 heavy (non-hydrogen) atoms. The second kappa shape index (κ2) is 3.74. The molecule has 0 N–H and O–H groups in total. The highest BCUT2D eigenvalue weighted by Gasteiger charge is 2.08. The zero-order chi connectivity index (χ0) is 11.8. The molecule has 0 spiro atoms. The monoisotopic (exact) mass is 222 g/mol. The van der Waals surface area contributed by atoms with Crippen LogP contribution in [-0.2, 0) is 0 Å². The Bertz CT molecular complexity index is 680.